The highest BCUT2D eigenvalue weighted by atomic mass is 79.9. The fourth-order valence-corrected chi connectivity index (χ4v) is 1.14. The van der Waals surface area contributed by atoms with Crippen LogP contribution < -0.4 is 5.73 Å². The minimum Gasteiger partial charge on any atom is -0.398 e. The SMILES string of the molecule is CC.Nc1ccc(Br)cc1C(F)(F)F. The molecule has 0 atom stereocenters. The van der Waals surface area contributed by atoms with Crippen LogP contribution in [0, 0.1) is 0 Å². The average Bonchev–Trinajstić information content (AvgIpc) is 2.11. The molecule has 80 valence electrons. The second-order valence-corrected chi connectivity index (χ2v) is 3.15. The molecular formula is C9H11BrF3N. The number of benzene rings is 1. The van der Waals surface area contributed by atoms with Crippen molar-refractivity contribution < 1.29 is 13.2 Å². The van der Waals surface area contributed by atoms with E-state index in [4.69, 9.17) is 5.73 Å². The Morgan fingerprint density at radius 3 is 2.07 bits per heavy atom. The monoisotopic (exact) mass is 269 g/mol. The Bertz CT molecular complexity index is 297. The molecule has 0 aromatic heterocycles. The molecule has 1 rings (SSSR count). The van der Waals surface area contributed by atoms with E-state index in [-0.39, 0.29) is 5.69 Å². The van der Waals surface area contributed by atoms with E-state index in [1.54, 1.807) is 0 Å². The molecule has 0 saturated carbocycles. The summed E-state index contributed by atoms with van der Waals surface area (Å²) < 4.78 is 36.7. The van der Waals surface area contributed by atoms with Crippen LogP contribution in [0.15, 0.2) is 22.7 Å². The minimum absolute atomic E-state index is 0.259. The molecule has 0 spiro atoms. The van der Waals surface area contributed by atoms with Crippen molar-refractivity contribution in [3.63, 3.8) is 0 Å². The van der Waals surface area contributed by atoms with Gasteiger partial charge in [-0.1, -0.05) is 29.8 Å². The highest BCUT2D eigenvalue weighted by Gasteiger charge is 2.32. The molecular weight excluding hydrogens is 259 g/mol. The lowest BCUT2D eigenvalue weighted by molar-refractivity contribution is -0.136. The van der Waals surface area contributed by atoms with Gasteiger partial charge in [-0.05, 0) is 18.2 Å². The van der Waals surface area contributed by atoms with Gasteiger partial charge in [0.1, 0.15) is 0 Å². The van der Waals surface area contributed by atoms with Crippen molar-refractivity contribution in [2.45, 2.75) is 20.0 Å². The number of hydrogen-bond acceptors (Lipinski definition) is 1. The van der Waals surface area contributed by atoms with Crippen molar-refractivity contribution in [3.05, 3.63) is 28.2 Å². The molecule has 1 aromatic carbocycles. The van der Waals surface area contributed by atoms with E-state index in [0.717, 1.165) is 6.07 Å². The third-order valence-electron chi connectivity index (χ3n) is 1.32. The van der Waals surface area contributed by atoms with Crippen LogP contribution in [0.5, 0.6) is 0 Å². The molecule has 0 radical (unpaired) electrons. The number of alkyl halides is 3. The third-order valence-corrected chi connectivity index (χ3v) is 1.81. The Morgan fingerprint density at radius 2 is 1.71 bits per heavy atom. The van der Waals surface area contributed by atoms with Gasteiger partial charge >= 0.3 is 6.18 Å². The summed E-state index contributed by atoms with van der Waals surface area (Å²) in [5.74, 6) is 0. The van der Waals surface area contributed by atoms with Crippen molar-refractivity contribution in [1.82, 2.24) is 0 Å². The quantitative estimate of drug-likeness (QED) is 0.706. The van der Waals surface area contributed by atoms with Crippen LogP contribution >= 0.6 is 15.9 Å². The van der Waals surface area contributed by atoms with Crippen LogP contribution in [0.2, 0.25) is 0 Å². The van der Waals surface area contributed by atoms with Crippen LogP contribution in [0.25, 0.3) is 0 Å². The Morgan fingerprint density at radius 1 is 1.21 bits per heavy atom. The van der Waals surface area contributed by atoms with Crippen LogP contribution in [-0.2, 0) is 6.18 Å². The third kappa shape index (κ3) is 3.57. The predicted octanol–water partition coefficient (Wildman–Crippen LogP) is 4.08. The van der Waals surface area contributed by atoms with Gasteiger partial charge in [-0.3, -0.25) is 0 Å². The molecule has 0 heterocycles. The van der Waals surface area contributed by atoms with Gasteiger partial charge in [-0.25, -0.2) is 0 Å². The van der Waals surface area contributed by atoms with E-state index in [1.165, 1.54) is 12.1 Å². The predicted molar refractivity (Wildman–Crippen MR) is 54.9 cm³/mol. The molecule has 1 aromatic rings. The summed E-state index contributed by atoms with van der Waals surface area (Å²) >= 11 is 2.93. The summed E-state index contributed by atoms with van der Waals surface area (Å²) in [5, 5.41) is 0. The highest BCUT2D eigenvalue weighted by molar-refractivity contribution is 9.10. The first-order valence-electron chi connectivity index (χ1n) is 4.03. The molecule has 0 bridgehead atoms. The molecule has 0 saturated heterocycles. The van der Waals surface area contributed by atoms with E-state index in [9.17, 15) is 13.2 Å². The van der Waals surface area contributed by atoms with Gasteiger partial charge in [-0.2, -0.15) is 13.2 Å². The van der Waals surface area contributed by atoms with Crippen molar-refractivity contribution >= 4 is 21.6 Å². The van der Waals surface area contributed by atoms with Crippen LogP contribution in [-0.4, -0.2) is 0 Å². The standard InChI is InChI=1S/C7H5BrF3N.C2H6/c8-4-1-2-6(12)5(3-4)7(9,10)11;1-2/h1-3H,12H2;1-2H3. The van der Waals surface area contributed by atoms with Crippen LogP contribution in [0.3, 0.4) is 0 Å². The van der Waals surface area contributed by atoms with Gasteiger partial charge in [0, 0.05) is 10.2 Å². The van der Waals surface area contributed by atoms with Crippen molar-refractivity contribution in [1.29, 1.82) is 0 Å². The Hall–Kier alpha value is -0.710. The topological polar surface area (TPSA) is 26.0 Å². The smallest absolute Gasteiger partial charge is 0.398 e. The molecule has 0 aliphatic heterocycles. The summed E-state index contributed by atoms with van der Waals surface area (Å²) in [6.07, 6.45) is -4.38. The average molecular weight is 270 g/mol. The second kappa shape index (κ2) is 5.24. The summed E-state index contributed by atoms with van der Waals surface area (Å²) in [5.41, 5.74) is 4.07. The van der Waals surface area contributed by atoms with Crippen LogP contribution in [0.1, 0.15) is 19.4 Å². The lowest BCUT2D eigenvalue weighted by atomic mass is 10.2. The van der Waals surface area contributed by atoms with E-state index in [1.807, 2.05) is 13.8 Å². The van der Waals surface area contributed by atoms with Gasteiger partial charge in [0.05, 0.1) is 5.56 Å². The summed E-state index contributed by atoms with van der Waals surface area (Å²) in [6.45, 7) is 4.00. The fourth-order valence-electron chi connectivity index (χ4n) is 0.774. The molecule has 2 N–H and O–H groups in total. The maximum atomic E-state index is 12.1. The largest absolute Gasteiger partial charge is 0.418 e. The number of halogens is 4. The highest BCUT2D eigenvalue weighted by Crippen LogP contribution is 2.34. The van der Waals surface area contributed by atoms with Gasteiger partial charge in [0.25, 0.3) is 0 Å². The molecule has 0 aliphatic rings. The Labute approximate surface area is 89.2 Å². The van der Waals surface area contributed by atoms with Gasteiger partial charge in [0.15, 0.2) is 0 Å². The first-order chi connectivity index (χ1) is 6.41. The number of hydrogen-bond donors (Lipinski definition) is 1. The molecule has 5 heteroatoms. The van der Waals surface area contributed by atoms with E-state index in [2.05, 4.69) is 15.9 Å². The Kier molecular flexibility index (Phi) is 4.97. The zero-order valence-corrected chi connectivity index (χ0v) is 9.41. The maximum absolute atomic E-state index is 12.1. The maximum Gasteiger partial charge on any atom is 0.418 e. The Balaban J connectivity index is 0.000000791. The minimum atomic E-state index is -4.38. The molecule has 14 heavy (non-hydrogen) atoms. The van der Waals surface area contributed by atoms with Gasteiger partial charge < -0.3 is 5.73 Å². The zero-order valence-electron chi connectivity index (χ0n) is 7.82. The van der Waals surface area contributed by atoms with E-state index in [0.29, 0.717) is 4.47 Å². The number of anilines is 1. The fraction of sp³-hybridized carbons (Fsp3) is 0.333. The lowest BCUT2D eigenvalue weighted by Crippen LogP contribution is -2.08. The second-order valence-electron chi connectivity index (χ2n) is 2.23. The first kappa shape index (κ1) is 13.3. The summed E-state index contributed by atoms with van der Waals surface area (Å²) in [6, 6.07) is 3.63. The van der Waals surface area contributed by atoms with E-state index < -0.39 is 11.7 Å². The number of nitrogen functional groups attached to an aromatic ring is 1. The molecule has 0 amide bonds. The van der Waals surface area contributed by atoms with Crippen molar-refractivity contribution in [3.8, 4) is 0 Å². The lowest BCUT2D eigenvalue weighted by Gasteiger charge is -2.09. The normalized spacial score (nSPS) is 10.4. The number of rotatable bonds is 0. The molecule has 0 unspecified atom stereocenters. The van der Waals surface area contributed by atoms with Crippen molar-refractivity contribution in [2.24, 2.45) is 0 Å². The zero-order chi connectivity index (χ0) is 11.4. The van der Waals surface area contributed by atoms with Crippen molar-refractivity contribution in [2.75, 3.05) is 5.73 Å². The summed E-state index contributed by atoms with van der Waals surface area (Å²) in [4.78, 5) is 0. The summed E-state index contributed by atoms with van der Waals surface area (Å²) in [7, 11) is 0. The molecule has 0 fully saturated rings. The number of nitrogens with two attached hydrogens (primary N) is 1. The molecule has 1 nitrogen and oxygen atoms in total. The van der Waals surface area contributed by atoms with E-state index >= 15 is 0 Å². The molecule has 0 aliphatic carbocycles. The van der Waals surface area contributed by atoms with Gasteiger partial charge in [0.2, 0.25) is 0 Å². The van der Waals surface area contributed by atoms with Crippen LogP contribution in [0.4, 0.5) is 18.9 Å². The van der Waals surface area contributed by atoms with Gasteiger partial charge in [-0.15, -0.1) is 0 Å². The first-order valence-corrected chi connectivity index (χ1v) is 4.83.